The van der Waals surface area contributed by atoms with Gasteiger partial charge in [-0.1, -0.05) is 43.7 Å². The van der Waals surface area contributed by atoms with Crippen LogP contribution in [0.4, 0.5) is 0 Å². The van der Waals surface area contributed by atoms with Crippen molar-refractivity contribution in [2.75, 3.05) is 0 Å². The molecule has 0 radical (unpaired) electrons. The number of amides is 1. The zero-order chi connectivity index (χ0) is 18.7. The average molecular weight is 369 g/mol. The van der Waals surface area contributed by atoms with Gasteiger partial charge in [0.05, 0.1) is 11.7 Å². The topological polar surface area (TPSA) is 59.8 Å². The molecule has 0 bridgehead atoms. The van der Waals surface area contributed by atoms with Crippen molar-refractivity contribution in [1.82, 2.24) is 20.1 Å². The molecule has 0 saturated heterocycles. The Labute approximate surface area is 158 Å². The number of nitrogens with one attached hydrogen (secondary N) is 1. The van der Waals surface area contributed by atoms with Crippen LogP contribution in [0.15, 0.2) is 41.9 Å². The van der Waals surface area contributed by atoms with Crippen LogP contribution in [0.1, 0.15) is 47.4 Å². The molecule has 0 aliphatic carbocycles. The fraction of sp³-hybridized carbons (Fsp3) is 0.350. The van der Waals surface area contributed by atoms with Gasteiger partial charge in [-0.05, 0) is 30.9 Å². The van der Waals surface area contributed by atoms with E-state index in [4.69, 9.17) is 0 Å². The van der Waals surface area contributed by atoms with Crippen molar-refractivity contribution in [3.8, 4) is 11.3 Å². The highest BCUT2D eigenvalue weighted by atomic mass is 32.1. The van der Waals surface area contributed by atoms with E-state index in [2.05, 4.69) is 48.3 Å². The van der Waals surface area contributed by atoms with Crippen molar-refractivity contribution in [2.45, 2.75) is 33.2 Å². The Hall–Kier alpha value is -2.47. The van der Waals surface area contributed by atoms with Crippen molar-refractivity contribution in [1.29, 1.82) is 0 Å². The maximum atomic E-state index is 12.8. The second kappa shape index (κ2) is 7.83. The molecule has 1 amide bonds. The van der Waals surface area contributed by atoms with Gasteiger partial charge in [0.2, 0.25) is 0 Å². The molecule has 1 aromatic carbocycles. The summed E-state index contributed by atoms with van der Waals surface area (Å²) in [7, 11) is 1.86. The van der Waals surface area contributed by atoms with E-state index in [1.165, 1.54) is 5.56 Å². The Morgan fingerprint density at radius 1 is 1.27 bits per heavy atom. The molecule has 0 fully saturated rings. The summed E-state index contributed by atoms with van der Waals surface area (Å²) in [6.45, 7) is 6.34. The number of hydrogen-bond acceptors (Lipinski definition) is 4. The number of aromatic nitrogens is 3. The van der Waals surface area contributed by atoms with E-state index in [0.29, 0.717) is 11.6 Å². The zero-order valence-corrected chi connectivity index (χ0v) is 16.4. The van der Waals surface area contributed by atoms with Crippen molar-refractivity contribution in [3.63, 3.8) is 0 Å². The molecule has 1 atom stereocenters. The van der Waals surface area contributed by atoms with Gasteiger partial charge in [-0.2, -0.15) is 5.10 Å². The largest absolute Gasteiger partial charge is 0.341 e. The lowest BCUT2D eigenvalue weighted by molar-refractivity contribution is 0.0926. The van der Waals surface area contributed by atoms with Gasteiger partial charge in [0.15, 0.2) is 5.69 Å². The highest BCUT2D eigenvalue weighted by Crippen LogP contribution is 2.24. The predicted molar refractivity (Wildman–Crippen MR) is 105 cm³/mol. The standard InChI is InChI=1S/C20H24N4OS/c1-13(2)11-17(20-21-9-10-26-20)22-19(25)16-12-18(24(4)23-16)15-7-5-14(3)6-8-15/h5-10,12-13,17H,11H2,1-4H3,(H,22,25). The van der Waals surface area contributed by atoms with Gasteiger partial charge >= 0.3 is 0 Å². The minimum Gasteiger partial charge on any atom is -0.341 e. The summed E-state index contributed by atoms with van der Waals surface area (Å²) in [6.07, 6.45) is 2.62. The van der Waals surface area contributed by atoms with Crippen molar-refractivity contribution in [3.05, 3.63) is 58.2 Å². The summed E-state index contributed by atoms with van der Waals surface area (Å²) in [4.78, 5) is 17.1. The molecule has 2 aromatic heterocycles. The summed E-state index contributed by atoms with van der Waals surface area (Å²) in [5, 5.41) is 10.4. The van der Waals surface area contributed by atoms with E-state index in [0.717, 1.165) is 22.7 Å². The van der Waals surface area contributed by atoms with E-state index in [9.17, 15) is 4.79 Å². The van der Waals surface area contributed by atoms with Gasteiger partial charge in [0, 0.05) is 18.6 Å². The van der Waals surface area contributed by atoms with Crippen molar-refractivity contribution in [2.24, 2.45) is 13.0 Å². The van der Waals surface area contributed by atoms with Crippen LogP contribution in [0, 0.1) is 12.8 Å². The van der Waals surface area contributed by atoms with Gasteiger partial charge < -0.3 is 5.32 Å². The fourth-order valence-electron chi connectivity index (χ4n) is 2.90. The van der Waals surface area contributed by atoms with Gasteiger partial charge in [-0.25, -0.2) is 4.98 Å². The number of hydrogen-bond donors (Lipinski definition) is 1. The van der Waals surface area contributed by atoms with Gasteiger partial charge in [-0.15, -0.1) is 11.3 Å². The molecule has 26 heavy (non-hydrogen) atoms. The van der Waals surface area contributed by atoms with E-state index in [1.54, 1.807) is 22.2 Å². The third-order valence-corrected chi connectivity index (χ3v) is 5.11. The lowest BCUT2D eigenvalue weighted by Gasteiger charge is -2.17. The monoisotopic (exact) mass is 368 g/mol. The van der Waals surface area contributed by atoms with Crippen molar-refractivity contribution >= 4 is 17.2 Å². The molecule has 0 aliphatic heterocycles. The maximum absolute atomic E-state index is 12.8. The number of carbonyl (C=O) groups excluding carboxylic acids is 1. The van der Waals surface area contributed by atoms with E-state index < -0.39 is 0 Å². The first-order chi connectivity index (χ1) is 12.4. The number of thiazole rings is 1. The van der Waals surface area contributed by atoms with E-state index in [-0.39, 0.29) is 11.9 Å². The minimum absolute atomic E-state index is 0.0904. The first-order valence-corrected chi connectivity index (χ1v) is 9.63. The van der Waals surface area contributed by atoms with Crippen LogP contribution in [0.5, 0.6) is 0 Å². The Morgan fingerprint density at radius 2 is 2.00 bits per heavy atom. The van der Waals surface area contributed by atoms with Crippen LogP contribution in [0.2, 0.25) is 0 Å². The van der Waals surface area contributed by atoms with E-state index >= 15 is 0 Å². The molecule has 0 aliphatic rings. The summed E-state index contributed by atoms with van der Waals surface area (Å²) in [5.74, 6) is 0.288. The molecule has 2 heterocycles. The highest BCUT2D eigenvalue weighted by molar-refractivity contribution is 7.09. The lowest BCUT2D eigenvalue weighted by Crippen LogP contribution is -2.29. The summed E-state index contributed by atoms with van der Waals surface area (Å²) in [6, 6.07) is 9.96. The number of rotatable bonds is 6. The maximum Gasteiger partial charge on any atom is 0.272 e. The first-order valence-electron chi connectivity index (χ1n) is 8.75. The molecule has 136 valence electrons. The third-order valence-electron chi connectivity index (χ3n) is 4.22. The third kappa shape index (κ3) is 4.19. The normalized spacial score (nSPS) is 12.3. The molecule has 3 rings (SSSR count). The van der Waals surface area contributed by atoms with Crippen LogP contribution in [-0.2, 0) is 7.05 Å². The molecule has 5 nitrogen and oxygen atoms in total. The van der Waals surface area contributed by atoms with Crippen LogP contribution >= 0.6 is 11.3 Å². The molecule has 0 spiro atoms. The lowest BCUT2D eigenvalue weighted by atomic mass is 10.0. The SMILES string of the molecule is Cc1ccc(-c2cc(C(=O)NC(CC(C)C)c3nccs3)nn2C)cc1. The molecule has 1 unspecified atom stereocenters. The molecular formula is C20H24N4OS. The Kier molecular flexibility index (Phi) is 5.52. The quantitative estimate of drug-likeness (QED) is 0.703. The van der Waals surface area contributed by atoms with Gasteiger partial charge in [0.1, 0.15) is 5.01 Å². The second-order valence-corrected chi connectivity index (χ2v) is 7.86. The van der Waals surface area contributed by atoms with Crippen molar-refractivity contribution < 1.29 is 4.79 Å². The van der Waals surface area contributed by atoms with Gasteiger partial charge in [0.25, 0.3) is 5.91 Å². The number of nitrogens with zero attached hydrogens (tertiary/aromatic N) is 3. The molecule has 0 saturated carbocycles. The molecule has 1 N–H and O–H groups in total. The Morgan fingerprint density at radius 3 is 2.62 bits per heavy atom. The van der Waals surface area contributed by atoms with Crippen LogP contribution < -0.4 is 5.32 Å². The predicted octanol–water partition coefficient (Wildman–Crippen LogP) is 4.37. The fourth-order valence-corrected chi connectivity index (χ4v) is 3.61. The van der Waals surface area contributed by atoms with E-state index in [1.807, 2.05) is 30.6 Å². The molecule has 6 heteroatoms. The molecular weight excluding hydrogens is 344 g/mol. The van der Waals surface area contributed by atoms with Crippen LogP contribution in [0.3, 0.4) is 0 Å². The Balaban J connectivity index is 1.81. The number of benzene rings is 1. The average Bonchev–Trinajstić information content (AvgIpc) is 3.24. The van der Waals surface area contributed by atoms with Gasteiger partial charge in [-0.3, -0.25) is 9.48 Å². The molecule has 3 aromatic rings. The second-order valence-electron chi connectivity index (χ2n) is 6.93. The Bertz CT molecular complexity index is 866. The summed E-state index contributed by atoms with van der Waals surface area (Å²) >= 11 is 1.57. The van der Waals surface area contributed by atoms with Crippen LogP contribution in [-0.4, -0.2) is 20.7 Å². The minimum atomic E-state index is -0.167. The smallest absolute Gasteiger partial charge is 0.272 e. The highest BCUT2D eigenvalue weighted by Gasteiger charge is 2.21. The number of carbonyl (C=O) groups is 1. The first kappa shape index (κ1) is 18.3. The zero-order valence-electron chi connectivity index (χ0n) is 15.6. The summed E-state index contributed by atoms with van der Waals surface area (Å²) < 4.78 is 1.75. The van der Waals surface area contributed by atoms with Crippen LogP contribution in [0.25, 0.3) is 11.3 Å². The number of aryl methyl sites for hydroxylation is 2. The summed E-state index contributed by atoms with van der Waals surface area (Å²) in [5.41, 5.74) is 3.59.